The molecular formula is C32H68N2O6Si4. The Bertz CT molecular complexity index is 839. The molecule has 0 aromatic rings. The van der Waals surface area contributed by atoms with Gasteiger partial charge in [0, 0.05) is 24.2 Å². The van der Waals surface area contributed by atoms with Gasteiger partial charge in [0.2, 0.25) is 0 Å². The monoisotopic (exact) mass is 688 g/mol. The van der Waals surface area contributed by atoms with Crippen molar-refractivity contribution in [2.24, 2.45) is 0 Å². The second-order valence-electron chi connectivity index (χ2n) is 15.1. The molecule has 0 spiro atoms. The second-order valence-corrected chi connectivity index (χ2v) is 32.8. The largest absolute Gasteiger partial charge is 0.461 e. The molecule has 0 saturated carbocycles. The zero-order valence-corrected chi connectivity index (χ0v) is 34.7. The summed E-state index contributed by atoms with van der Waals surface area (Å²) >= 11 is 0. The van der Waals surface area contributed by atoms with Crippen LogP contribution in [0.15, 0.2) is 24.3 Å². The smallest absolute Gasteiger partial charge is 0.333 e. The third-order valence-corrected chi connectivity index (χ3v) is 23.0. The average molecular weight is 689 g/mol. The van der Waals surface area contributed by atoms with E-state index in [0.717, 1.165) is 39.0 Å². The molecule has 0 radical (unpaired) electrons. The Balaban J connectivity index is 4.41. The first-order chi connectivity index (χ1) is 20.1. The molecule has 44 heavy (non-hydrogen) atoms. The highest BCUT2D eigenvalue weighted by Crippen LogP contribution is 2.30. The van der Waals surface area contributed by atoms with E-state index in [1.807, 2.05) is 0 Å². The maximum Gasteiger partial charge on any atom is 0.333 e. The third-order valence-electron chi connectivity index (χ3n) is 7.68. The number of unbranched alkanes of at least 4 members (excludes halogenated alkanes) is 2. The van der Waals surface area contributed by atoms with Gasteiger partial charge in [-0.2, -0.15) is 0 Å². The lowest BCUT2D eigenvalue weighted by atomic mass is 10.3. The number of carbonyl (C=O) groups excluding carboxylic acids is 2. The first-order valence-electron chi connectivity index (χ1n) is 16.5. The molecule has 258 valence electrons. The number of esters is 2. The van der Waals surface area contributed by atoms with Crippen LogP contribution in [0.4, 0.5) is 0 Å². The Kier molecular flexibility index (Phi) is 20.0. The molecule has 0 saturated heterocycles. The summed E-state index contributed by atoms with van der Waals surface area (Å²) in [4.78, 5) is 27.5. The lowest BCUT2D eigenvalue weighted by Crippen LogP contribution is -2.48. The van der Waals surface area contributed by atoms with Gasteiger partial charge < -0.3 is 27.5 Å². The standard InChI is InChI=1S/C32H68N2O6Si4/c1-29(2)31(35)37-23-21-33(5)19-15-17-25-41(7,8)39-43(11,12)27-28-44(13,14)40-42(9,10)26-18-16-20-34(6)22-24-38-32(36)30(3)4/h1,3,15-28H2,2,4-14H3. The van der Waals surface area contributed by atoms with Crippen LogP contribution in [0.3, 0.4) is 0 Å². The van der Waals surface area contributed by atoms with Crippen molar-refractivity contribution >= 4 is 45.2 Å². The van der Waals surface area contributed by atoms with Crippen molar-refractivity contribution in [3.05, 3.63) is 24.3 Å². The molecule has 0 bridgehead atoms. The van der Waals surface area contributed by atoms with Gasteiger partial charge in [-0.15, -0.1) is 0 Å². The van der Waals surface area contributed by atoms with E-state index < -0.39 is 33.3 Å². The van der Waals surface area contributed by atoms with Gasteiger partial charge in [-0.1, -0.05) is 26.0 Å². The van der Waals surface area contributed by atoms with Gasteiger partial charge in [-0.25, -0.2) is 9.59 Å². The molecule has 0 fully saturated rings. The number of carbonyl (C=O) groups is 2. The van der Waals surface area contributed by atoms with Crippen molar-refractivity contribution in [2.75, 3.05) is 53.5 Å². The minimum atomic E-state index is -1.79. The fourth-order valence-corrected chi connectivity index (χ4v) is 25.8. The highest BCUT2D eigenvalue weighted by molar-refractivity contribution is 6.88. The minimum absolute atomic E-state index is 0.313. The Hall–Kier alpha value is -0.872. The van der Waals surface area contributed by atoms with Crippen molar-refractivity contribution in [3.63, 3.8) is 0 Å². The van der Waals surface area contributed by atoms with Crippen LogP contribution in [0.5, 0.6) is 0 Å². The Labute approximate surface area is 275 Å². The van der Waals surface area contributed by atoms with E-state index in [9.17, 15) is 9.59 Å². The fraction of sp³-hybridized carbons (Fsp3) is 0.812. The van der Waals surface area contributed by atoms with E-state index >= 15 is 0 Å². The van der Waals surface area contributed by atoms with Gasteiger partial charge >= 0.3 is 11.9 Å². The predicted octanol–water partition coefficient (Wildman–Crippen LogP) is 7.50. The molecule has 0 heterocycles. The van der Waals surface area contributed by atoms with Crippen LogP contribution in [0.1, 0.15) is 39.5 Å². The van der Waals surface area contributed by atoms with Crippen LogP contribution in [-0.4, -0.2) is 108 Å². The summed E-state index contributed by atoms with van der Waals surface area (Å²) < 4.78 is 24.3. The maximum atomic E-state index is 11.5. The molecule has 0 aliphatic rings. The summed E-state index contributed by atoms with van der Waals surface area (Å²) in [6.07, 6.45) is 4.59. The highest BCUT2D eigenvalue weighted by Gasteiger charge is 2.37. The number of hydrogen-bond acceptors (Lipinski definition) is 8. The Morgan fingerprint density at radius 1 is 0.523 bits per heavy atom. The number of ether oxygens (including phenoxy) is 2. The molecule has 0 aromatic carbocycles. The molecule has 0 amide bonds. The molecule has 0 aliphatic heterocycles. The van der Waals surface area contributed by atoms with Gasteiger partial charge in [-0.3, -0.25) is 0 Å². The Morgan fingerprint density at radius 3 is 1.11 bits per heavy atom. The molecule has 0 aliphatic carbocycles. The van der Waals surface area contributed by atoms with Crippen LogP contribution < -0.4 is 0 Å². The number of likely N-dealkylation sites (N-methyl/N-ethyl adjacent to an activating group) is 2. The van der Waals surface area contributed by atoms with Crippen LogP contribution in [0.25, 0.3) is 0 Å². The summed E-state index contributed by atoms with van der Waals surface area (Å²) in [5.74, 6) is -0.626. The first kappa shape index (κ1) is 43.1. The van der Waals surface area contributed by atoms with Gasteiger partial charge in [0.25, 0.3) is 0 Å². The molecular weight excluding hydrogens is 621 g/mol. The van der Waals surface area contributed by atoms with Gasteiger partial charge in [0.1, 0.15) is 13.2 Å². The first-order valence-corrected chi connectivity index (χ1v) is 29.0. The summed E-state index contributed by atoms with van der Waals surface area (Å²) in [6.45, 7) is 34.0. The van der Waals surface area contributed by atoms with E-state index in [4.69, 9.17) is 17.7 Å². The molecule has 0 unspecified atom stereocenters. The van der Waals surface area contributed by atoms with E-state index in [-0.39, 0.29) is 11.9 Å². The molecule has 12 heteroatoms. The van der Waals surface area contributed by atoms with Gasteiger partial charge in [-0.05, 0) is 130 Å². The SMILES string of the molecule is C=C(C)C(=O)OCCN(C)CCCC[Si](C)(C)O[Si](C)(C)CC[Si](C)(C)O[Si](C)(C)CCCCN(C)CCOC(=O)C(=C)C. The number of rotatable bonds is 25. The van der Waals surface area contributed by atoms with Gasteiger partial charge in [0.15, 0.2) is 33.3 Å². The quantitative estimate of drug-likeness (QED) is 0.0423. The van der Waals surface area contributed by atoms with Crippen LogP contribution in [-0.2, 0) is 27.3 Å². The molecule has 0 rings (SSSR count). The van der Waals surface area contributed by atoms with E-state index in [2.05, 4.69) is 89.4 Å². The highest BCUT2D eigenvalue weighted by atomic mass is 28.4. The van der Waals surface area contributed by atoms with Crippen molar-refractivity contribution in [1.29, 1.82) is 0 Å². The Morgan fingerprint density at radius 2 is 0.818 bits per heavy atom. The minimum Gasteiger partial charge on any atom is -0.461 e. The zero-order valence-electron chi connectivity index (χ0n) is 30.7. The molecule has 8 nitrogen and oxygen atoms in total. The van der Waals surface area contributed by atoms with Crippen molar-refractivity contribution < 1.29 is 27.3 Å². The van der Waals surface area contributed by atoms with Crippen LogP contribution >= 0.6 is 0 Å². The van der Waals surface area contributed by atoms with Gasteiger partial charge in [0.05, 0.1) is 0 Å². The van der Waals surface area contributed by atoms with E-state index in [0.29, 0.717) is 24.4 Å². The molecule has 0 N–H and O–H groups in total. The number of nitrogens with zero attached hydrogens (tertiary/aromatic N) is 2. The summed E-state index contributed by atoms with van der Waals surface area (Å²) in [5, 5.41) is 0. The second kappa shape index (κ2) is 20.4. The van der Waals surface area contributed by atoms with Crippen LogP contribution in [0.2, 0.25) is 76.6 Å². The lowest BCUT2D eigenvalue weighted by molar-refractivity contribution is -0.140. The predicted molar refractivity (Wildman–Crippen MR) is 196 cm³/mol. The zero-order chi connectivity index (χ0) is 34.2. The maximum absolute atomic E-state index is 11.5. The molecule has 0 atom stereocenters. The summed E-state index contributed by atoms with van der Waals surface area (Å²) in [6, 6.07) is 4.68. The topological polar surface area (TPSA) is 77.5 Å². The number of hydrogen-bond donors (Lipinski definition) is 0. The molecule has 0 aromatic heterocycles. The lowest BCUT2D eigenvalue weighted by Gasteiger charge is -2.38. The van der Waals surface area contributed by atoms with Crippen molar-refractivity contribution in [1.82, 2.24) is 9.80 Å². The fourth-order valence-electron chi connectivity index (χ4n) is 5.23. The van der Waals surface area contributed by atoms with Crippen molar-refractivity contribution in [3.8, 4) is 0 Å². The summed E-state index contributed by atoms with van der Waals surface area (Å²) in [7, 11) is -2.90. The third kappa shape index (κ3) is 22.6. The van der Waals surface area contributed by atoms with Crippen molar-refractivity contribution in [2.45, 2.75) is 116 Å². The van der Waals surface area contributed by atoms with Crippen LogP contribution in [0, 0.1) is 0 Å². The average Bonchev–Trinajstić information content (AvgIpc) is 2.86. The normalized spacial score (nSPS) is 13.0. The summed E-state index contributed by atoms with van der Waals surface area (Å²) in [5.41, 5.74) is 0.890. The van der Waals surface area contributed by atoms with E-state index in [1.165, 1.54) is 37.0 Å². The van der Waals surface area contributed by atoms with E-state index in [1.54, 1.807) is 13.8 Å².